The maximum absolute atomic E-state index is 8.88. The second kappa shape index (κ2) is 6.02. The number of rotatable bonds is 0. The van der Waals surface area contributed by atoms with Gasteiger partial charge in [-0.15, -0.1) is 0 Å². The molecule has 0 radical (unpaired) electrons. The summed E-state index contributed by atoms with van der Waals surface area (Å²) in [4.78, 5) is 21.6. The summed E-state index contributed by atoms with van der Waals surface area (Å²) in [6, 6.07) is 0. The van der Waals surface area contributed by atoms with Crippen molar-refractivity contribution in [3.8, 4) is 0 Å². The molecular weight excluding hydrogens is 191 g/mol. The monoisotopic (exact) mass is 196 g/mol. The van der Waals surface area contributed by atoms with Crippen LogP contribution in [0.5, 0.6) is 0 Å². The largest absolute Gasteiger partial charge is 2.00 e. The molecule has 0 aromatic carbocycles. The first-order valence-electron chi connectivity index (χ1n) is 0.783. The second-order valence-corrected chi connectivity index (χ2v) is 1.54. The maximum atomic E-state index is 8.88. The molecule has 0 aliphatic heterocycles. The fourth-order valence-corrected chi connectivity index (χ4v) is 0. The van der Waals surface area contributed by atoms with Crippen LogP contribution in [0.25, 0.3) is 0 Å². The van der Waals surface area contributed by atoms with Crippen molar-refractivity contribution in [3.63, 3.8) is 0 Å². The Kier molecular flexibility index (Phi) is 13.7. The molecule has 0 amide bonds. The average molecular weight is 196 g/mol. The van der Waals surface area contributed by atoms with Crippen LogP contribution in [0.2, 0.25) is 0 Å². The predicted octanol–water partition coefficient (Wildman–Crippen LogP) is -1.09. The molecule has 3 N–H and O–H groups in total. The van der Waals surface area contributed by atoms with E-state index in [1.807, 2.05) is 0 Å². The number of hydrogen-bond acceptors (Lipinski definition) is 1. The third kappa shape index (κ3) is 76.7. The zero-order chi connectivity index (χ0) is 4.50. The Morgan fingerprint density at radius 2 is 1.29 bits per heavy atom. The van der Waals surface area contributed by atoms with Gasteiger partial charge >= 0.3 is 45.6 Å². The third-order valence-corrected chi connectivity index (χ3v) is 0. The van der Waals surface area contributed by atoms with E-state index < -0.39 is 7.82 Å². The second-order valence-electron chi connectivity index (χ2n) is 0.513. The van der Waals surface area contributed by atoms with Gasteiger partial charge in [-0.05, 0) is 0 Å². The Bertz CT molecular complexity index is 64.7. The van der Waals surface area contributed by atoms with Crippen LogP contribution in [0, 0.1) is 0 Å². The zero-order valence-corrected chi connectivity index (χ0v) is 7.46. The van der Waals surface area contributed by atoms with E-state index >= 15 is 0 Å². The first-order valence-corrected chi connectivity index (χ1v) is 2.35. The smallest absolute Gasteiger partial charge is 1.00 e. The molecule has 0 bridgehead atoms. The fraction of sp³-hybridized carbons (Fsp3) is 0. The SMILES string of the molecule is O=P(O)(O)O.[Ca+2].[Fe].[H-].[H-]. The molecule has 0 unspecified atom stereocenters. The Morgan fingerprint density at radius 1 is 1.29 bits per heavy atom. The van der Waals surface area contributed by atoms with Crippen molar-refractivity contribution in [3.05, 3.63) is 0 Å². The van der Waals surface area contributed by atoms with Crippen LogP contribution in [-0.2, 0) is 21.6 Å². The van der Waals surface area contributed by atoms with Crippen molar-refractivity contribution in [2.75, 3.05) is 0 Å². The molecule has 7 heavy (non-hydrogen) atoms. The minimum atomic E-state index is -4.64. The van der Waals surface area contributed by atoms with E-state index in [2.05, 4.69) is 0 Å². The molecule has 0 aliphatic carbocycles. The summed E-state index contributed by atoms with van der Waals surface area (Å²) in [7, 11) is -4.64. The van der Waals surface area contributed by atoms with Gasteiger partial charge < -0.3 is 17.5 Å². The van der Waals surface area contributed by atoms with Gasteiger partial charge in [-0.25, -0.2) is 4.57 Å². The van der Waals surface area contributed by atoms with E-state index in [-0.39, 0.29) is 57.7 Å². The molecule has 0 aromatic heterocycles. The molecule has 0 aliphatic rings. The van der Waals surface area contributed by atoms with Gasteiger partial charge in [0, 0.05) is 17.1 Å². The van der Waals surface area contributed by atoms with Gasteiger partial charge in [-0.2, -0.15) is 0 Å². The van der Waals surface area contributed by atoms with Crippen molar-refractivity contribution in [2.45, 2.75) is 0 Å². The van der Waals surface area contributed by atoms with E-state index in [1.165, 1.54) is 0 Å². The van der Waals surface area contributed by atoms with Gasteiger partial charge in [0.2, 0.25) is 0 Å². The number of hydrogen-bond donors (Lipinski definition) is 3. The van der Waals surface area contributed by atoms with Crippen LogP contribution >= 0.6 is 7.82 Å². The normalized spacial score (nSPS) is 8.43. The van der Waals surface area contributed by atoms with Crippen molar-refractivity contribution < 1.29 is 39.2 Å². The Hall–Kier alpha value is 1.89. The van der Waals surface area contributed by atoms with Crippen molar-refractivity contribution in [1.29, 1.82) is 0 Å². The molecule has 4 nitrogen and oxygen atoms in total. The summed E-state index contributed by atoms with van der Waals surface area (Å²) in [5.41, 5.74) is 0. The molecule has 44 valence electrons. The van der Waals surface area contributed by atoms with Crippen molar-refractivity contribution in [1.82, 2.24) is 0 Å². The zero-order valence-electron chi connectivity index (χ0n) is 5.26. The molecule has 0 atom stereocenters. The summed E-state index contributed by atoms with van der Waals surface area (Å²) >= 11 is 0. The maximum Gasteiger partial charge on any atom is 2.00 e. The van der Waals surface area contributed by atoms with Crippen LogP contribution in [0.3, 0.4) is 0 Å². The van der Waals surface area contributed by atoms with E-state index in [0.29, 0.717) is 0 Å². The summed E-state index contributed by atoms with van der Waals surface area (Å²) in [5.74, 6) is 0. The molecule has 0 spiro atoms. The standard InChI is InChI=1S/Ca.Fe.H3O4P.2H/c;;1-5(2,3)4;;/h;;(H3,1,2,3,4);;/q+2;;;2*-1. The molecule has 0 rings (SSSR count). The fourth-order valence-electron chi connectivity index (χ4n) is 0. The minimum absolute atomic E-state index is 0. The van der Waals surface area contributed by atoms with Crippen LogP contribution in [-0.4, -0.2) is 52.4 Å². The van der Waals surface area contributed by atoms with Gasteiger partial charge in [-0.3, -0.25) is 0 Å². The van der Waals surface area contributed by atoms with E-state index in [4.69, 9.17) is 19.2 Å². The summed E-state index contributed by atoms with van der Waals surface area (Å²) < 4.78 is 8.88. The van der Waals surface area contributed by atoms with Crippen LogP contribution < -0.4 is 0 Å². The topological polar surface area (TPSA) is 77.8 Å². The van der Waals surface area contributed by atoms with Crippen LogP contribution in [0.15, 0.2) is 0 Å². The Labute approximate surface area is 84.0 Å². The average Bonchev–Trinajstić information content (AvgIpc) is 0.722. The predicted molar refractivity (Wildman–Crippen MR) is 22.2 cm³/mol. The van der Waals surface area contributed by atoms with Crippen LogP contribution in [0.1, 0.15) is 2.85 Å². The summed E-state index contributed by atoms with van der Waals surface area (Å²) in [6.45, 7) is 0. The summed E-state index contributed by atoms with van der Waals surface area (Å²) in [6.07, 6.45) is 0. The first kappa shape index (κ1) is 16.0. The number of phosphoric acid groups is 1. The van der Waals surface area contributed by atoms with E-state index in [1.54, 1.807) is 0 Å². The van der Waals surface area contributed by atoms with Crippen LogP contribution in [0.4, 0.5) is 0 Å². The molecule has 0 saturated heterocycles. The Balaban J connectivity index is -0.0000000133. The van der Waals surface area contributed by atoms with Gasteiger partial charge in [0.1, 0.15) is 0 Å². The van der Waals surface area contributed by atoms with Gasteiger partial charge in [-0.1, -0.05) is 0 Å². The Morgan fingerprint density at radius 3 is 1.29 bits per heavy atom. The summed E-state index contributed by atoms with van der Waals surface area (Å²) in [5, 5.41) is 0. The molecular formula is H5CaFeO4P. The van der Waals surface area contributed by atoms with E-state index in [9.17, 15) is 0 Å². The first-order chi connectivity index (χ1) is 2.00. The van der Waals surface area contributed by atoms with Crippen molar-refractivity contribution in [2.24, 2.45) is 0 Å². The van der Waals surface area contributed by atoms with Gasteiger partial charge in [0.25, 0.3) is 0 Å². The molecule has 0 saturated carbocycles. The molecule has 0 heterocycles. The quantitative estimate of drug-likeness (QED) is 0.340. The third-order valence-electron chi connectivity index (χ3n) is 0. The van der Waals surface area contributed by atoms with Crippen molar-refractivity contribution >= 4 is 45.6 Å². The van der Waals surface area contributed by atoms with Gasteiger partial charge in [0.15, 0.2) is 0 Å². The minimum Gasteiger partial charge on any atom is -1.00 e. The van der Waals surface area contributed by atoms with Gasteiger partial charge in [0.05, 0.1) is 0 Å². The molecule has 0 aromatic rings. The van der Waals surface area contributed by atoms with E-state index in [0.717, 1.165) is 0 Å². The molecule has 0 fully saturated rings. The molecule has 7 heteroatoms.